The van der Waals surface area contributed by atoms with Crippen LogP contribution in [0.25, 0.3) is 0 Å². The number of hydrogen-bond acceptors (Lipinski definition) is 5. The van der Waals surface area contributed by atoms with E-state index in [4.69, 9.17) is 21.1 Å². The van der Waals surface area contributed by atoms with Gasteiger partial charge in [0.1, 0.15) is 11.9 Å². The van der Waals surface area contributed by atoms with Gasteiger partial charge in [0, 0.05) is 18.3 Å². The summed E-state index contributed by atoms with van der Waals surface area (Å²) in [7, 11) is 1.48. The van der Waals surface area contributed by atoms with Crippen LogP contribution in [-0.2, 0) is 17.5 Å². The van der Waals surface area contributed by atoms with Gasteiger partial charge in [0.15, 0.2) is 0 Å². The van der Waals surface area contributed by atoms with Gasteiger partial charge in [-0.25, -0.2) is 4.79 Å². The first-order valence-corrected chi connectivity index (χ1v) is 12.9. The van der Waals surface area contributed by atoms with E-state index in [0.29, 0.717) is 53.3 Å². The summed E-state index contributed by atoms with van der Waals surface area (Å²) in [5, 5.41) is 6.27. The molecule has 10 heteroatoms. The smallest absolute Gasteiger partial charge is 0.416 e. The Bertz CT molecular complexity index is 1310. The summed E-state index contributed by atoms with van der Waals surface area (Å²) in [4.78, 5) is 25.4. The summed E-state index contributed by atoms with van der Waals surface area (Å²) in [6, 6.07) is 16.7. The van der Waals surface area contributed by atoms with E-state index in [1.54, 1.807) is 42.5 Å². The molecule has 0 radical (unpaired) electrons. The molecule has 206 valence electrons. The average molecular weight is 561 g/mol. The second kappa shape index (κ2) is 12.4. The molecule has 0 unspecified atom stereocenters. The van der Waals surface area contributed by atoms with Crippen molar-refractivity contribution in [2.75, 3.05) is 12.4 Å². The zero-order valence-corrected chi connectivity index (χ0v) is 21.9. The van der Waals surface area contributed by atoms with Gasteiger partial charge in [-0.1, -0.05) is 35.9 Å². The third-order valence-electron chi connectivity index (χ3n) is 6.58. The number of alkyl halides is 3. The van der Waals surface area contributed by atoms with Gasteiger partial charge in [-0.15, -0.1) is 0 Å². The number of esters is 1. The molecule has 0 atom stereocenters. The molecule has 0 aromatic heterocycles. The number of amides is 1. The maximum atomic E-state index is 13.4. The number of carbonyl (C=O) groups excluding carboxylic acids is 2. The number of hydrogen-bond donors (Lipinski definition) is 2. The first-order chi connectivity index (χ1) is 18.6. The standard InChI is InChI=1S/C29H28ClF3N2O4/c1-38-26-14-7-18(15-24(26)30)17-34-27(36)23-16-20(29(31,32)33)8-13-25(23)35-21-9-11-22(12-10-21)39-28(37)19-5-3-2-4-6-19/h2-8,13-16,21-22,35H,9-12,17H2,1H3,(H,34,36)/t21-,22+. The van der Waals surface area contributed by atoms with Gasteiger partial charge in [0.05, 0.1) is 28.8 Å². The van der Waals surface area contributed by atoms with Crippen LogP contribution in [0.4, 0.5) is 18.9 Å². The minimum absolute atomic E-state index is 0.0656. The number of methoxy groups -OCH3 is 1. The highest BCUT2D eigenvalue weighted by Gasteiger charge is 2.32. The van der Waals surface area contributed by atoms with Gasteiger partial charge < -0.3 is 20.1 Å². The lowest BCUT2D eigenvalue weighted by molar-refractivity contribution is -0.137. The topological polar surface area (TPSA) is 76.7 Å². The van der Waals surface area contributed by atoms with Crippen molar-refractivity contribution in [2.24, 2.45) is 0 Å². The van der Waals surface area contributed by atoms with Crippen LogP contribution >= 0.6 is 11.6 Å². The maximum Gasteiger partial charge on any atom is 0.416 e. The van der Waals surface area contributed by atoms with Gasteiger partial charge in [-0.05, 0) is 73.7 Å². The van der Waals surface area contributed by atoms with Crippen molar-refractivity contribution in [2.45, 2.75) is 50.6 Å². The summed E-state index contributed by atoms with van der Waals surface area (Å²) in [5.74, 6) is -0.562. The maximum absolute atomic E-state index is 13.4. The van der Waals surface area contributed by atoms with Crippen molar-refractivity contribution in [1.29, 1.82) is 0 Å². The predicted molar refractivity (Wildman–Crippen MR) is 142 cm³/mol. The number of nitrogens with one attached hydrogen (secondary N) is 2. The Labute approximate surface area is 229 Å². The fraction of sp³-hybridized carbons (Fsp3) is 0.310. The minimum Gasteiger partial charge on any atom is -0.495 e. The molecule has 1 saturated carbocycles. The van der Waals surface area contributed by atoms with E-state index >= 15 is 0 Å². The van der Waals surface area contributed by atoms with E-state index < -0.39 is 17.6 Å². The zero-order chi connectivity index (χ0) is 28.0. The summed E-state index contributed by atoms with van der Waals surface area (Å²) in [6.45, 7) is 0.0656. The molecule has 0 aliphatic heterocycles. The van der Waals surface area contributed by atoms with E-state index in [2.05, 4.69) is 10.6 Å². The van der Waals surface area contributed by atoms with E-state index in [1.165, 1.54) is 13.2 Å². The van der Waals surface area contributed by atoms with Crippen molar-refractivity contribution in [3.63, 3.8) is 0 Å². The Morgan fingerprint density at radius 2 is 1.69 bits per heavy atom. The highest BCUT2D eigenvalue weighted by molar-refractivity contribution is 6.32. The number of anilines is 1. The quantitative estimate of drug-likeness (QED) is 0.294. The number of ether oxygens (including phenoxy) is 2. The SMILES string of the molecule is COc1ccc(CNC(=O)c2cc(C(F)(F)F)ccc2N[C@H]2CC[C@@H](OC(=O)c3ccccc3)CC2)cc1Cl. The van der Waals surface area contributed by atoms with Crippen molar-refractivity contribution in [3.05, 3.63) is 94.0 Å². The van der Waals surface area contributed by atoms with Crippen molar-refractivity contribution in [1.82, 2.24) is 5.32 Å². The van der Waals surface area contributed by atoms with Crippen LogP contribution < -0.4 is 15.4 Å². The molecule has 1 amide bonds. The van der Waals surface area contributed by atoms with Gasteiger partial charge in [-0.2, -0.15) is 13.2 Å². The molecule has 1 fully saturated rings. The molecule has 39 heavy (non-hydrogen) atoms. The zero-order valence-electron chi connectivity index (χ0n) is 21.2. The van der Waals surface area contributed by atoms with Crippen molar-refractivity contribution in [3.8, 4) is 5.75 Å². The van der Waals surface area contributed by atoms with Crippen LogP contribution in [0.2, 0.25) is 5.02 Å². The van der Waals surface area contributed by atoms with Crippen LogP contribution in [-0.4, -0.2) is 31.1 Å². The van der Waals surface area contributed by atoms with E-state index in [1.807, 2.05) is 6.07 Å². The number of carbonyl (C=O) groups is 2. The molecule has 1 aliphatic carbocycles. The number of rotatable bonds is 8. The Morgan fingerprint density at radius 1 is 0.974 bits per heavy atom. The minimum atomic E-state index is -4.60. The van der Waals surface area contributed by atoms with Crippen molar-refractivity contribution < 1.29 is 32.2 Å². The summed E-state index contributed by atoms with van der Waals surface area (Å²) < 4.78 is 51.0. The van der Waals surface area contributed by atoms with Gasteiger partial charge in [-0.3, -0.25) is 4.79 Å². The third-order valence-corrected chi connectivity index (χ3v) is 6.87. The van der Waals surface area contributed by atoms with Gasteiger partial charge in [0.2, 0.25) is 0 Å². The lowest BCUT2D eigenvalue weighted by Crippen LogP contribution is -2.32. The Morgan fingerprint density at radius 3 is 2.33 bits per heavy atom. The van der Waals surface area contributed by atoms with E-state index in [9.17, 15) is 22.8 Å². The molecule has 0 heterocycles. The molecule has 0 spiro atoms. The van der Waals surface area contributed by atoms with Gasteiger partial charge >= 0.3 is 12.1 Å². The molecule has 4 rings (SSSR count). The second-order valence-electron chi connectivity index (χ2n) is 9.30. The Balaban J connectivity index is 1.41. The van der Waals surface area contributed by atoms with Crippen LogP contribution in [0.3, 0.4) is 0 Å². The summed E-state index contributed by atoms with van der Waals surface area (Å²) in [6.07, 6.45) is -2.41. The predicted octanol–water partition coefficient (Wildman–Crippen LogP) is 6.88. The normalized spacial score (nSPS) is 17.3. The fourth-order valence-corrected chi connectivity index (χ4v) is 4.75. The van der Waals surface area contributed by atoms with Crippen LogP contribution in [0.1, 0.15) is 57.5 Å². The molecule has 1 aliphatic rings. The summed E-state index contributed by atoms with van der Waals surface area (Å²) in [5.41, 5.74) is 0.427. The Kier molecular flexibility index (Phi) is 9.01. The average Bonchev–Trinajstić information content (AvgIpc) is 2.93. The lowest BCUT2D eigenvalue weighted by Gasteiger charge is -2.30. The summed E-state index contributed by atoms with van der Waals surface area (Å²) >= 11 is 6.14. The van der Waals surface area contributed by atoms with E-state index in [0.717, 1.165) is 12.1 Å². The third kappa shape index (κ3) is 7.44. The van der Waals surface area contributed by atoms with E-state index in [-0.39, 0.29) is 30.2 Å². The van der Waals surface area contributed by atoms with Crippen molar-refractivity contribution >= 4 is 29.2 Å². The monoisotopic (exact) mass is 560 g/mol. The highest BCUT2D eigenvalue weighted by Crippen LogP contribution is 2.33. The molecule has 3 aromatic carbocycles. The van der Waals surface area contributed by atoms with Crippen LogP contribution in [0, 0.1) is 0 Å². The Hall–Kier alpha value is -3.72. The number of benzene rings is 3. The first kappa shape index (κ1) is 28.3. The fourth-order valence-electron chi connectivity index (χ4n) is 4.47. The molecular weight excluding hydrogens is 533 g/mol. The molecule has 0 bridgehead atoms. The molecular formula is C29H28ClF3N2O4. The molecule has 2 N–H and O–H groups in total. The largest absolute Gasteiger partial charge is 0.495 e. The van der Waals surface area contributed by atoms with Crippen LogP contribution in [0.15, 0.2) is 66.7 Å². The van der Waals surface area contributed by atoms with Crippen LogP contribution in [0.5, 0.6) is 5.75 Å². The number of halogens is 4. The second-order valence-corrected chi connectivity index (χ2v) is 9.71. The highest BCUT2D eigenvalue weighted by atomic mass is 35.5. The molecule has 0 saturated heterocycles. The first-order valence-electron chi connectivity index (χ1n) is 12.5. The molecule has 3 aromatic rings. The van der Waals surface area contributed by atoms with Gasteiger partial charge in [0.25, 0.3) is 5.91 Å². The molecule has 6 nitrogen and oxygen atoms in total. The lowest BCUT2D eigenvalue weighted by atomic mass is 9.92.